The molecule has 2 rings (SSSR count). The van der Waals surface area contributed by atoms with Crippen LogP contribution < -0.4 is 5.32 Å². The highest BCUT2D eigenvalue weighted by atomic mass is 79.9. The van der Waals surface area contributed by atoms with E-state index in [9.17, 15) is 4.39 Å². The first kappa shape index (κ1) is 12.0. The molecule has 0 aliphatic carbocycles. The van der Waals surface area contributed by atoms with E-state index in [1.165, 1.54) is 23.4 Å². The summed E-state index contributed by atoms with van der Waals surface area (Å²) >= 11 is 3.46. The Morgan fingerprint density at radius 1 is 1.29 bits per heavy atom. The molecule has 1 aromatic carbocycles. The van der Waals surface area contributed by atoms with E-state index < -0.39 is 5.95 Å². The van der Waals surface area contributed by atoms with Gasteiger partial charge in [0.2, 0.25) is 5.95 Å². The Labute approximate surface area is 108 Å². The van der Waals surface area contributed by atoms with E-state index in [4.69, 9.17) is 0 Å². The molecule has 1 N–H and O–H groups in total. The number of anilines is 1. The summed E-state index contributed by atoms with van der Waals surface area (Å²) in [5.41, 5.74) is 3.18. The van der Waals surface area contributed by atoms with Crippen molar-refractivity contribution in [3.8, 4) is 0 Å². The summed E-state index contributed by atoms with van der Waals surface area (Å²) in [5.74, 6) is -0.463. The zero-order valence-corrected chi connectivity index (χ0v) is 11.0. The Balaban J connectivity index is 2.02. The van der Waals surface area contributed by atoms with Crippen molar-refractivity contribution in [1.29, 1.82) is 0 Å². The van der Waals surface area contributed by atoms with Crippen LogP contribution in [0.2, 0.25) is 0 Å². The topological polar surface area (TPSA) is 24.9 Å². The Morgan fingerprint density at radius 3 is 2.76 bits per heavy atom. The Bertz CT molecular complexity index is 511. The van der Waals surface area contributed by atoms with Gasteiger partial charge in [-0.3, -0.25) is 0 Å². The monoisotopic (exact) mass is 294 g/mol. The van der Waals surface area contributed by atoms with Crippen LogP contribution in [0.25, 0.3) is 0 Å². The van der Waals surface area contributed by atoms with Gasteiger partial charge in [-0.15, -0.1) is 0 Å². The van der Waals surface area contributed by atoms with Crippen LogP contribution in [-0.2, 0) is 6.54 Å². The molecule has 0 aliphatic heterocycles. The minimum absolute atomic E-state index is 0.463. The third kappa shape index (κ3) is 3.27. The first-order valence-corrected chi connectivity index (χ1v) is 6.05. The van der Waals surface area contributed by atoms with Gasteiger partial charge < -0.3 is 5.32 Å². The molecule has 1 heterocycles. The largest absolute Gasteiger partial charge is 0.380 e. The molecule has 0 spiro atoms. The molecular weight excluding hydrogens is 283 g/mol. The van der Waals surface area contributed by atoms with Crippen LogP contribution in [0, 0.1) is 12.9 Å². The highest BCUT2D eigenvalue weighted by molar-refractivity contribution is 9.10. The number of rotatable bonds is 3. The smallest absolute Gasteiger partial charge is 0.212 e. The van der Waals surface area contributed by atoms with E-state index in [1.807, 2.05) is 19.1 Å². The van der Waals surface area contributed by atoms with E-state index in [0.717, 1.165) is 10.2 Å². The van der Waals surface area contributed by atoms with Gasteiger partial charge >= 0.3 is 0 Å². The van der Waals surface area contributed by atoms with Crippen molar-refractivity contribution >= 4 is 21.6 Å². The minimum atomic E-state index is -0.463. The zero-order chi connectivity index (χ0) is 12.3. The van der Waals surface area contributed by atoms with Gasteiger partial charge in [0.05, 0.1) is 11.9 Å². The van der Waals surface area contributed by atoms with E-state index in [1.54, 1.807) is 6.07 Å². The van der Waals surface area contributed by atoms with E-state index in [0.29, 0.717) is 6.54 Å². The molecule has 0 saturated carbocycles. The molecule has 0 radical (unpaired) electrons. The third-order valence-electron chi connectivity index (χ3n) is 2.45. The van der Waals surface area contributed by atoms with Crippen LogP contribution in [0.4, 0.5) is 10.1 Å². The maximum Gasteiger partial charge on any atom is 0.212 e. The third-order valence-corrected chi connectivity index (χ3v) is 3.34. The predicted molar refractivity (Wildman–Crippen MR) is 70.4 cm³/mol. The molecule has 0 fully saturated rings. The average molecular weight is 295 g/mol. The number of hydrogen-bond acceptors (Lipinski definition) is 2. The second kappa shape index (κ2) is 5.27. The normalized spacial score (nSPS) is 10.3. The molecule has 0 amide bonds. The van der Waals surface area contributed by atoms with Crippen molar-refractivity contribution in [3.63, 3.8) is 0 Å². The molecule has 2 aromatic rings. The van der Waals surface area contributed by atoms with Gasteiger partial charge in [0.25, 0.3) is 0 Å². The fraction of sp³-hybridized carbons (Fsp3) is 0.154. The van der Waals surface area contributed by atoms with E-state index >= 15 is 0 Å². The predicted octanol–water partition coefficient (Wildman–Crippen LogP) is 3.90. The van der Waals surface area contributed by atoms with Crippen molar-refractivity contribution < 1.29 is 4.39 Å². The van der Waals surface area contributed by atoms with Gasteiger partial charge in [-0.2, -0.15) is 4.39 Å². The molecule has 0 saturated heterocycles. The highest BCUT2D eigenvalue weighted by Crippen LogP contribution is 2.17. The molecule has 0 bridgehead atoms. The number of hydrogen-bond donors (Lipinski definition) is 1. The first-order chi connectivity index (χ1) is 8.15. The molecule has 0 atom stereocenters. The fourth-order valence-electron chi connectivity index (χ4n) is 1.50. The number of aryl methyl sites for hydroxylation is 1. The number of pyridine rings is 1. The quantitative estimate of drug-likeness (QED) is 0.869. The van der Waals surface area contributed by atoms with Gasteiger partial charge in [-0.25, -0.2) is 4.98 Å². The zero-order valence-electron chi connectivity index (χ0n) is 9.37. The molecule has 4 heteroatoms. The van der Waals surface area contributed by atoms with Crippen LogP contribution in [0.5, 0.6) is 0 Å². The first-order valence-electron chi connectivity index (χ1n) is 5.25. The lowest BCUT2D eigenvalue weighted by Crippen LogP contribution is -2.00. The fourth-order valence-corrected chi connectivity index (χ4v) is 1.75. The van der Waals surface area contributed by atoms with Crippen LogP contribution in [-0.4, -0.2) is 4.98 Å². The number of aromatic nitrogens is 1. The maximum absolute atomic E-state index is 12.6. The standard InChI is InChI=1S/C13H12BrFN2/c1-9-6-10(2-4-12(9)14)7-16-11-3-5-13(15)17-8-11/h2-6,8,16H,7H2,1H3. The summed E-state index contributed by atoms with van der Waals surface area (Å²) in [6, 6.07) is 9.19. The number of benzene rings is 1. The summed E-state index contributed by atoms with van der Waals surface area (Å²) in [6.07, 6.45) is 1.49. The van der Waals surface area contributed by atoms with Crippen LogP contribution >= 0.6 is 15.9 Å². The molecule has 17 heavy (non-hydrogen) atoms. The van der Waals surface area contributed by atoms with Crippen molar-refractivity contribution in [3.05, 3.63) is 58.1 Å². The Morgan fingerprint density at radius 2 is 2.12 bits per heavy atom. The van der Waals surface area contributed by atoms with Crippen LogP contribution in [0.3, 0.4) is 0 Å². The lowest BCUT2D eigenvalue weighted by molar-refractivity contribution is 0.584. The van der Waals surface area contributed by atoms with Gasteiger partial charge in [0.15, 0.2) is 0 Å². The lowest BCUT2D eigenvalue weighted by Gasteiger charge is -2.07. The molecule has 1 aromatic heterocycles. The second-order valence-electron chi connectivity index (χ2n) is 3.81. The number of halogens is 2. The van der Waals surface area contributed by atoms with Crippen LogP contribution in [0.1, 0.15) is 11.1 Å². The van der Waals surface area contributed by atoms with Gasteiger partial charge in [-0.05, 0) is 36.2 Å². The maximum atomic E-state index is 12.6. The average Bonchev–Trinajstić information content (AvgIpc) is 2.33. The Kier molecular flexibility index (Phi) is 3.74. The number of nitrogens with zero attached hydrogens (tertiary/aromatic N) is 1. The summed E-state index contributed by atoms with van der Waals surface area (Å²) in [6.45, 7) is 2.74. The number of nitrogens with one attached hydrogen (secondary N) is 1. The SMILES string of the molecule is Cc1cc(CNc2ccc(F)nc2)ccc1Br. The van der Waals surface area contributed by atoms with Crippen molar-refractivity contribution in [2.24, 2.45) is 0 Å². The van der Waals surface area contributed by atoms with Crippen molar-refractivity contribution in [2.45, 2.75) is 13.5 Å². The van der Waals surface area contributed by atoms with Crippen LogP contribution in [0.15, 0.2) is 41.0 Å². The van der Waals surface area contributed by atoms with E-state index in [2.05, 4.69) is 32.3 Å². The molecule has 0 aliphatic rings. The molecule has 2 nitrogen and oxygen atoms in total. The lowest BCUT2D eigenvalue weighted by atomic mass is 10.1. The second-order valence-corrected chi connectivity index (χ2v) is 4.66. The van der Waals surface area contributed by atoms with Crippen molar-refractivity contribution in [1.82, 2.24) is 4.98 Å². The summed E-state index contributed by atoms with van der Waals surface area (Å²) < 4.78 is 13.7. The summed E-state index contributed by atoms with van der Waals surface area (Å²) in [7, 11) is 0. The summed E-state index contributed by atoms with van der Waals surface area (Å²) in [5, 5.41) is 3.19. The van der Waals surface area contributed by atoms with E-state index in [-0.39, 0.29) is 0 Å². The molecule has 0 unspecified atom stereocenters. The Hall–Kier alpha value is -1.42. The van der Waals surface area contributed by atoms with Crippen molar-refractivity contribution in [2.75, 3.05) is 5.32 Å². The summed E-state index contributed by atoms with van der Waals surface area (Å²) in [4.78, 5) is 3.59. The van der Waals surface area contributed by atoms with Gasteiger partial charge in [0, 0.05) is 11.0 Å². The minimum Gasteiger partial charge on any atom is -0.380 e. The van der Waals surface area contributed by atoms with Gasteiger partial charge in [-0.1, -0.05) is 28.1 Å². The highest BCUT2D eigenvalue weighted by Gasteiger charge is 1.98. The molecule has 88 valence electrons. The van der Waals surface area contributed by atoms with Gasteiger partial charge in [0.1, 0.15) is 0 Å². The molecular formula is C13H12BrFN2.